The van der Waals surface area contributed by atoms with Crippen LogP contribution >= 0.6 is 7.92 Å². The van der Waals surface area contributed by atoms with Gasteiger partial charge in [0, 0.05) is 0 Å². The van der Waals surface area contributed by atoms with Crippen LogP contribution in [-0.2, 0) is 12.8 Å². The van der Waals surface area contributed by atoms with Gasteiger partial charge >= 0.3 is 0 Å². The van der Waals surface area contributed by atoms with Crippen molar-refractivity contribution in [1.82, 2.24) is 0 Å². The minimum absolute atomic E-state index is 0.238. The molecule has 2 aromatic carbocycles. The third-order valence-corrected chi connectivity index (χ3v) is 9.10. The van der Waals surface area contributed by atoms with Crippen LogP contribution in [0.25, 0.3) is 0 Å². The molecule has 0 radical (unpaired) electrons. The highest BCUT2D eigenvalue weighted by atomic mass is 31.1. The topological polar surface area (TPSA) is 0 Å². The third kappa shape index (κ3) is 5.45. The quantitative estimate of drug-likeness (QED) is 0.406. The molecule has 0 N–H and O–H groups in total. The van der Waals surface area contributed by atoms with Crippen LogP contribution in [0, 0.1) is 0 Å². The van der Waals surface area contributed by atoms with Crippen molar-refractivity contribution in [2.75, 3.05) is 0 Å². The molecular formula is C26H37P. The first-order chi connectivity index (χ1) is 13.3. The van der Waals surface area contributed by atoms with E-state index in [0.717, 1.165) is 5.66 Å². The van der Waals surface area contributed by atoms with E-state index in [-0.39, 0.29) is 7.92 Å². The SMILES string of the molecule is CCCCc1cccc(P(c2ccccc2)C2CCCCC2)c1CCCC. The van der Waals surface area contributed by atoms with Crippen molar-refractivity contribution < 1.29 is 0 Å². The molecule has 27 heavy (non-hydrogen) atoms. The Bertz CT molecular complexity index is 670. The maximum Gasteiger partial charge on any atom is -0.0129 e. The van der Waals surface area contributed by atoms with Gasteiger partial charge in [0.15, 0.2) is 0 Å². The summed E-state index contributed by atoms with van der Waals surface area (Å²) >= 11 is 0. The van der Waals surface area contributed by atoms with Gasteiger partial charge in [-0.1, -0.05) is 94.5 Å². The standard InChI is InChI=1S/C26H37P/c1-3-5-14-22-15-13-21-26(25(22)20-6-4-2)27(23-16-9-7-10-17-23)24-18-11-8-12-19-24/h7,9-10,13,15-17,21,24H,3-6,8,11-12,14,18-20H2,1-2H3. The van der Waals surface area contributed by atoms with Crippen LogP contribution in [0.4, 0.5) is 0 Å². The molecule has 0 heterocycles. The summed E-state index contributed by atoms with van der Waals surface area (Å²) in [4.78, 5) is 0. The van der Waals surface area contributed by atoms with E-state index in [9.17, 15) is 0 Å². The molecule has 1 heteroatoms. The highest BCUT2D eigenvalue weighted by molar-refractivity contribution is 7.73. The van der Waals surface area contributed by atoms with E-state index in [2.05, 4.69) is 62.4 Å². The van der Waals surface area contributed by atoms with Crippen molar-refractivity contribution in [2.24, 2.45) is 0 Å². The predicted molar refractivity (Wildman–Crippen MR) is 123 cm³/mol. The third-order valence-electron chi connectivity index (χ3n) is 6.06. The first kappa shape index (κ1) is 20.6. The lowest BCUT2D eigenvalue weighted by atomic mass is 9.98. The van der Waals surface area contributed by atoms with E-state index in [0.29, 0.717) is 0 Å². The van der Waals surface area contributed by atoms with Crippen LogP contribution in [0.2, 0.25) is 0 Å². The second-order valence-corrected chi connectivity index (χ2v) is 10.6. The molecule has 1 atom stereocenters. The molecule has 0 aliphatic heterocycles. The van der Waals surface area contributed by atoms with Gasteiger partial charge in [0.1, 0.15) is 0 Å². The zero-order valence-electron chi connectivity index (χ0n) is 17.4. The Morgan fingerprint density at radius 2 is 1.48 bits per heavy atom. The number of benzene rings is 2. The maximum absolute atomic E-state index is 2.49. The number of aryl methyl sites for hydroxylation is 1. The van der Waals surface area contributed by atoms with Gasteiger partial charge in [-0.3, -0.25) is 0 Å². The lowest BCUT2D eigenvalue weighted by Crippen LogP contribution is -2.26. The van der Waals surface area contributed by atoms with Crippen molar-refractivity contribution in [3.63, 3.8) is 0 Å². The normalized spacial score (nSPS) is 16.4. The van der Waals surface area contributed by atoms with Crippen LogP contribution in [-0.4, -0.2) is 5.66 Å². The van der Waals surface area contributed by atoms with E-state index in [1.807, 2.05) is 0 Å². The summed E-state index contributed by atoms with van der Waals surface area (Å²) in [5.74, 6) is 0. The zero-order valence-corrected chi connectivity index (χ0v) is 18.3. The maximum atomic E-state index is 2.49. The Kier molecular flexibility index (Phi) is 8.40. The minimum Gasteiger partial charge on any atom is -0.0654 e. The lowest BCUT2D eigenvalue weighted by molar-refractivity contribution is 0.513. The molecule has 0 spiro atoms. The average molecular weight is 381 g/mol. The van der Waals surface area contributed by atoms with Crippen LogP contribution in [0.3, 0.4) is 0 Å². The first-order valence-electron chi connectivity index (χ1n) is 11.3. The monoisotopic (exact) mass is 380 g/mol. The molecule has 0 aromatic heterocycles. The van der Waals surface area contributed by atoms with Crippen molar-refractivity contribution >= 4 is 18.5 Å². The van der Waals surface area contributed by atoms with E-state index in [1.165, 1.54) is 70.6 Å². The molecule has 0 nitrogen and oxygen atoms in total. The Labute approximate surface area is 168 Å². The smallest absolute Gasteiger partial charge is 0.0129 e. The van der Waals surface area contributed by atoms with Crippen molar-refractivity contribution in [3.05, 3.63) is 59.7 Å². The molecule has 0 amide bonds. The second-order valence-electron chi connectivity index (χ2n) is 8.12. The van der Waals surface area contributed by atoms with Gasteiger partial charge in [-0.2, -0.15) is 0 Å². The molecule has 146 valence electrons. The Morgan fingerprint density at radius 3 is 2.19 bits per heavy atom. The van der Waals surface area contributed by atoms with E-state index >= 15 is 0 Å². The van der Waals surface area contributed by atoms with Crippen LogP contribution in [0.15, 0.2) is 48.5 Å². The predicted octanol–water partition coefficient (Wildman–Crippen LogP) is 7.14. The van der Waals surface area contributed by atoms with E-state index in [1.54, 1.807) is 21.7 Å². The van der Waals surface area contributed by atoms with Gasteiger partial charge in [-0.05, 0) is 73.8 Å². The van der Waals surface area contributed by atoms with Gasteiger partial charge in [0.05, 0.1) is 0 Å². The Hall–Kier alpha value is -1.13. The van der Waals surface area contributed by atoms with Crippen molar-refractivity contribution in [1.29, 1.82) is 0 Å². The van der Waals surface area contributed by atoms with E-state index in [4.69, 9.17) is 0 Å². The largest absolute Gasteiger partial charge is 0.0654 e. The molecule has 3 rings (SSSR count). The summed E-state index contributed by atoms with van der Waals surface area (Å²) in [6, 6.07) is 18.8. The summed E-state index contributed by atoms with van der Waals surface area (Å²) < 4.78 is 0. The van der Waals surface area contributed by atoms with E-state index < -0.39 is 0 Å². The summed E-state index contributed by atoms with van der Waals surface area (Å²) in [7, 11) is -0.238. The number of hydrogen-bond donors (Lipinski definition) is 0. The van der Waals surface area contributed by atoms with Gasteiger partial charge in [0.2, 0.25) is 0 Å². The number of hydrogen-bond acceptors (Lipinski definition) is 0. The van der Waals surface area contributed by atoms with Gasteiger partial charge < -0.3 is 0 Å². The molecule has 1 fully saturated rings. The van der Waals surface area contributed by atoms with Gasteiger partial charge in [0.25, 0.3) is 0 Å². The van der Waals surface area contributed by atoms with Crippen LogP contribution < -0.4 is 10.6 Å². The molecule has 1 unspecified atom stereocenters. The fourth-order valence-electron chi connectivity index (χ4n) is 4.56. The highest BCUT2D eigenvalue weighted by Gasteiger charge is 2.28. The fraction of sp³-hybridized carbons (Fsp3) is 0.538. The summed E-state index contributed by atoms with van der Waals surface area (Å²) in [5, 5.41) is 3.31. The molecule has 1 saturated carbocycles. The Morgan fingerprint density at radius 1 is 0.778 bits per heavy atom. The zero-order chi connectivity index (χ0) is 18.9. The lowest BCUT2D eigenvalue weighted by Gasteiger charge is -2.33. The summed E-state index contributed by atoms with van der Waals surface area (Å²) in [6.07, 6.45) is 14.9. The van der Waals surface area contributed by atoms with Gasteiger partial charge in [-0.25, -0.2) is 0 Å². The van der Waals surface area contributed by atoms with Crippen LogP contribution in [0.5, 0.6) is 0 Å². The molecule has 1 aliphatic rings. The number of rotatable bonds is 9. The molecule has 2 aromatic rings. The van der Waals surface area contributed by atoms with Gasteiger partial charge in [-0.15, -0.1) is 0 Å². The molecule has 1 aliphatic carbocycles. The second kappa shape index (κ2) is 11.0. The highest BCUT2D eigenvalue weighted by Crippen LogP contribution is 2.47. The molecule has 0 saturated heterocycles. The molecular weight excluding hydrogens is 343 g/mol. The fourth-order valence-corrected chi connectivity index (χ4v) is 7.83. The summed E-state index contributed by atoms with van der Waals surface area (Å²) in [5.41, 5.74) is 4.23. The first-order valence-corrected chi connectivity index (χ1v) is 12.7. The number of unbranched alkanes of at least 4 members (excludes halogenated alkanes) is 2. The van der Waals surface area contributed by atoms with Crippen LogP contribution in [0.1, 0.15) is 82.8 Å². The summed E-state index contributed by atoms with van der Waals surface area (Å²) in [6.45, 7) is 4.64. The molecule has 0 bridgehead atoms. The average Bonchev–Trinajstić information content (AvgIpc) is 2.73. The Balaban J connectivity index is 2.04. The minimum atomic E-state index is -0.238. The van der Waals surface area contributed by atoms with Crippen molar-refractivity contribution in [3.8, 4) is 0 Å². The van der Waals surface area contributed by atoms with Crippen molar-refractivity contribution in [2.45, 2.75) is 90.1 Å².